The molecule has 2 heterocycles. The first-order chi connectivity index (χ1) is 8.35. The van der Waals surface area contributed by atoms with Crippen molar-refractivity contribution < 1.29 is 4.79 Å². The van der Waals surface area contributed by atoms with Crippen LogP contribution in [0.1, 0.15) is 38.3 Å². The van der Waals surface area contributed by atoms with Crippen LogP contribution in [0.25, 0.3) is 0 Å². The third kappa shape index (κ3) is 2.81. The number of aldehydes is 1. The minimum atomic E-state index is -0.00636. The molecule has 0 aromatic carbocycles. The minimum Gasteiger partial charge on any atom is -0.347 e. The van der Waals surface area contributed by atoms with Gasteiger partial charge in [-0.15, -0.1) is 0 Å². The lowest BCUT2D eigenvalue weighted by molar-refractivity contribution is -0.109. The number of carbonyl (C=O) groups is 1. The van der Waals surface area contributed by atoms with Crippen LogP contribution in [-0.4, -0.2) is 28.8 Å². The third-order valence-corrected chi connectivity index (χ3v) is 3.22. The second-order valence-electron chi connectivity index (χ2n) is 4.51. The predicted octanol–water partition coefficient (Wildman–Crippen LogP) is 1.99. The summed E-state index contributed by atoms with van der Waals surface area (Å²) in [5.41, 5.74) is 1.06. The lowest BCUT2D eigenvalue weighted by atomic mass is 10.0. The van der Waals surface area contributed by atoms with Crippen LogP contribution in [0.2, 0.25) is 0 Å². The molecule has 0 amide bonds. The van der Waals surface area contributed by atoms with E-state index < -0.39 is 0 Å². The molecule has 1 unspecified atom stereocenters. The van der Waals surface area contributed by atoms with Gasteiger partial charge in [0, 0.05) is 18.3 Å². The van der Waals surface area contributed by atoms with E-state index in [1.165, 1.54) is 0 Å². The maximum Gasteiger partial charge on any atom is 0.142 e. The molecule has 0 saturated carbocycles. The van der Waals surface area contributed by atoms with Crippen LogP contribution in [0.3, 0.4) is 0 Å². The molecule has 2 rings (SSSR count). The number of aromatic nitrogens is 2. The Morgan fingerprint density at radius 2 is 2.35 bits per heavy atom. The van der Waals surface area contributed by atoms with Gasteiger partial charge in [0.25, 0.3) is 0 Å². The van der Waals surface area contributed by atoms with Crippen LogP contribution in [0.5, 0.6) is 0 Å². The van der Waals surface area contributed by atoms with Crippen LogP contribution in [0, 0.1) is 0 Å². The van der Waals surface area contributed by atoms with E-state index in [-0.39, 0.29) is 6.04 Å². The average Bonchev–Trinajstić information content (AvgIpc) is 2.39. The van der Waals surface area contributed by atoms with Gasteiger partial charge in [-0.05, 0) is 25.7 Å². The molecule has 1 aromatic heterocycles. The molecule has 1 aliphatic rings. The van der Waals surface area contributed by atoms with Crippen molar-refractivity contribution in [2.24, 2.45) is 0 Å². The van der Waals surface area contributed by atoms with Crippen molar-refractivity contribution in [1.29, 1.82) is 0 Å². The largest absolute Gasteiger partial charge is 0.347 e. The summed E-state index contributed by atoms with van der Waals surface area (Å²) in [4.78, 5) is 21.7. The zero-order valence-corrected chi connectivity index (χ0v) is 10.3. The molecule has 1 aliphatic heterocycles. The molecule has 4 heteroatoms. The van der Waals surface area contributed by atoms with Crippen molar-refractivity contribution in [2.45, 2.75) is 45.1 Å². The van der Waals surface area contributed by atoms with Gasteiger partial charge in [0.1, 0.15) is 18.4 Å². The standard InChI is InChI=1S/C13H19N3O/c1-2-5-11-8-13(15-10-14-11)16-7-4-3-6-12(16)9-17/h8-10,12H,2-7H2,1H3. The Bertz CT molecular complexity index is 381. The van der Waals surface area contributed by atoms with E-state index in [9.17, 15) is 4.79 Å². The Hall–Kier alpha value is -1.45. The van der Waals surface area contributed by atoms with E-state index in [0.717, 1.165) is 56.4 Å². The highest BCUT2D eigenvalue weighted by Gasteiger charge is 2.23. The Morgan fingerprint density at radius 3 is 3.12 bits per heavy atom. The first-order valence-corrected chi connectivity index (χ1v) is 6.38. The quantitative estimate of drug-likeness (QED) is 0.746. The number of nitrogens with zero attached hydrogens (tertiary/aromatic N) is 3. The monoisotopic (exact) mass is 233 g/mol. The van der Waals surface area contributed by atoms with Gasteiger partial charge in [0.2, 0.25) is 0 Å². The van der Waals surface area contributed by atoms with Crippen molar-refractivity contribution >= 4 is 12.1 Å². The Morgan fingerprint density at radius 1 is 1.47 bits per heavy atom. The Labute approximate surface area is 102 Å². The van der Waals surface area contributed by atoms with E-state index in [1.807, 2.05) is 6.07 Å². The number of hydrogen-bond donors (Lipinski definition) is 0. The molecule has 0 bridgehead atoms. The zero-order chi connectivity index (χ0) is 12.1. The van der Waals surface area contributed by atoms with Gasteiger partial charge < -0.3 is 9.69 Å². The van der Waals surface area contributed by atoms with Crippen LogP contribution < -0.4 is 4.90 Å². The van der Waals surface area contributed by atoms with Crippen molar-refractivity contribution in [3.8, 4) is 0 Å². The highest BCUT2D eigenvalue weighted by atomic mass is 16.1. The lowest BCUT2D eigenvalue weighted by Crippen LogP contribution is -2.41. The fraction of sp³-hybridized carbons (Fsp3) is 0.615. The number of carbonyl (C=O) groups excluding carboxylic acids is 1. The molecule has 4 nitrogen and oxygen atoms in total. The highest BCUT2D eigenvalue weighted by Crippen LogP contribution is 2.22. The predicted molar refractivity (Wildman–Crippen MR) is 67.1 cm³/mol. The van der Waals surface area contributed by atoms with Crippen molar-refractivity contribution in [2.75, 3.05) is 11.4 Å². The summed E-state index contributed by atoms with van der Waals surface area (Å²) < 4.78 is 0. The second kappa shape index (κ2) is 5.75. The number of hydrogen-bond acceptors (Lipinski definition) is 4. The molecular formula is C13H19N3O. The van der Waals surface area contributed by atoms with Crippen molar-refractivity contribution in [3.05, 3.63) is 18.1 Å². The van der Waals surface area contributed by atoms with Crippen LogP contribution in [0.4, 0.5) is 5.82 Å². The van der Waals surface area contributed by atoms with E-state index >= 15 is 0 Å². The molecule has 0 radical (unpaired) electrons. The topological polar surface area (TPSA) is 46.1 Å². The molecular weight excluding hydrogens is 214 g/mol. The summed E-state index contributed by atoms with van der Waals surface area (Å²) in [5.74, 6) is 0.903. The summed E-state index contributed by atoms with van der Waals surface area (Å²) >= 11 is 0. The molecule has 0 N–H and O–H groups in total. The summed E-state index contributed by atoms with van der Waals surface area (Å²) in [7, 11) is 0. The first kappa shape index (κ1) is 12.0. The summed E-state index contributed by atoms with van der Waals surface area (Å²) in [5, 5.41) is 0. The van der Waals surface area contributed by atoms with Gasteiger partial charge in [0.05, 0.1) is 6.04 Å². The molecule has 1 fully saturated rings. The van der Waals surface area contributed by atoms with Gasteiger partial charge in [-0.25, -0.2) is 9.97 Å². The van der Waals surface area contributed by atoms with Crippen LogP contribution in [0.15, 0.2) is 12.4 Å². The van der Waals surface area contributed by atoms with Gasteiger partial charge in [-0.1, -0.05) is 13.3 Å². The smallest absolute Gasteiger partial charge is 0.142 e. The molecule has 92 valence electrons. The third-order valence-electron chi connectivity index (χ3n) is 3.22. The molecule has 1 atom stereocenters. The van der Waals surface area contributed by atoms with E-state index in [0.29, 0.717) is 0 Å². The molecule has 1 saturated heterocycles. The van der Waals surface area contributed by atoms with Crippen LogP contribution in [-0.2, 0) is 11.2 Å². The van der Waals surface area contributed by atoms with E-state index in [1.54, 1.807) is 6.33 Å². The van der Waals surface area contributed by atoms with Gasteiger partial charge in [0.15, 0.2) is 0 Å². The zero-order valence-electron chi connectivity index (χ0n) is 10.3. The SMILES string of the molecule is CCCc1cc(N2CCCCC2C=O)ncn1. The fourth-order valence-corrected chi connectivity index (χ4v) is 2.32. The lowest BCUT2D eigenvalue weighted by Gasteiger charge is -2.33. The van der Waals surface area contributed by atoms with E-state index in [4.69, 9.17) is 0 Å². The Kier molecular flexibility index (Phi) is 4.07. The number of anilines is 1. The Balaban J connectivity index is 2.19. The van der Waals surface area contributed by atoms with Gasteiger partial charge >= 0.3 is 0 Å². The maximum atomic E-state index is 11.1. The van der Waals surface area contributed by atoms with E-state index in [2.05, 4.69) is 21.8 Å². The summed E-state index contributed by atoms with van der Waals surface area (Å²) in [6, 6.07) is 2.01. The fourth-order valence-electron chi connectivity index (χ4n) is 2.32. The molecule has 1 aromatic rings. The average molecular weight is 233 g/mol. The maximum absolute atomic E-state index is 11.1. The molecule has 0 aliphatic carbocycles. The van der Waals surface area contributed by atoms with Gasteiger partial charge in [-0.3, -0.25) is 0 Å². The summed E-state index contributed by atoms with van der Waals surface area (Å²) in [6.45, 7) is 3.06. The normalized spacial score (nSPS) is 20.3. The molecule has 0 spiro atoms. The number of aryl methyl sites for hydroxylation is 1. The number of rotatable bonds is 4. The molecule has 17 heavy (non-hydrogen) atoms. The first-order valence-electron chi connectivity index (χ1n) is 6.38. The highest BCUT2D eigenvalue weighted by molar-refractivity contribution is 5.65. The van der Waals surface area contributed by atoms with Crippen molar-refractivity contribution in [3.63, 3.8) is 0 Å². The van der Waals surface area contributed by atoms with Crippen LogP contribution >= 0.6 is 0 Å². The van der Waals surface area contributed by atoms with Crippen molar-refractivity contribution in [1.82, 2.24) is 9.97 Å². The summed E-state index contributed by atoms with van der Waals surface area (Å²) in [6.07, 6.45) is 7.90. The second-order valence-corrected chi connectivity index (χ2v) is 4.51. The minimum absolute atomic E-state index is 0.00636. The number of piperidine rings is 1. The van der Waals surface area contributed by atoms with Gasteiger partial charge in [-0.2, -0.15) is 0 Å².